The van der Waals surface area contributed by atoms with Crippen LogP contribution in [0.25, 0.3) is 0 Å². The van der Waals surface area contributed by atoms with Gasteiger partial charge in [-0.15, -0.1) is 0 Å². The number of nitrogens with zero attached hydrogens (tertiary/aromatic N) is 1. The quantitative estimate of drug-likeness (QED) is 0.929. The average Bonchev–Trinajstić information content (AvgIpc) is 2.79. The molecule has 106 valence electrons. The van der Waals surface area contributed by atoms with Gasteiger partial charge in [0.2, 0.25) is 5.91 Å². The Bertz CT molecular complexity index is 509. The van der Waals surface area contributed by atoms with E-state index in [1.54, 1.807) is 0 Å². The van der Waals surface area contributed by atoms with E-state index in [0.717, 1.165) is 30.4 Å². The molecule has 2 aliphatic heterocycles. The summed E-state index contributed by atoms with van der Waals surface area (Å²) in [7, 11) is 0. The number of rotatable bonds is 3. The molecule has 2 amide bonds. The number of amides is 2. The van der Waals surface area contributed by atoms with E-state index in [0.29, 0.717) is 6.42 Å². The van der Waals surface area contributed by atoms with Gasteiger partial charge in [-0.3, -0.25) is 14.9 Å². The number of nitrogens with one attached hydrogen (secondary N) is 1. The second-order valence-corrected chi connectivity index (χ2v) is 6.48. The van der Waals surface area contributed by atoms with Crippen molar-refractivity contribution >= 4 is 28.6 Å². The summed E-state index contributed by atoms with van der Waals surface area (Å²) in [6.45, 7) is 2.27. The third-order valence-corrected chi connectivity index (χ3v) is 4.83. The van der Waals surface area contributed by atoms with E-state index in [1.807, 2.05) is 0 Å². The molecule has 1 aromatic carbocycles. The van der Waals surface area contributed by atoms with Crippen molar-refractivity contribution in [1.29, 1.82) is 0 Å². The molecule has 0 aliphatic carbocycles. The van der Waals surface area contributed by atoms with E-state index < -0.39 is 0 Å². The molecular formula is C15H18N2O2S. The van der Waals surface area contributed by atoms with Crippen LogP contribution in [0.3, 0.4) is 0 Å². The summed E-state index contributed by atoms with van der Waals surface area (Å²) in [5, 5.41) is 1.82. The number of benzene rings is 1. The lowest BCUT2D eigenvalue weighted by molar-refractivity contribution is -0.118. The van der Waals surface area contributed by atoms with Crippen LogP contribution in [-0.2, 0) is 11.2 Å². The van der Waals surface area contributed by atoms with E-state index in [1.165, 1.54) is 24.9 Å². The molecule has 2 saturated heterocycles. The van der Waals surface area contributed by atoms with Gasteiger partial charge in [-0.05, 0) is 43.4 Å². The van der Waals surface area contributed by atoms with Gasteiger partial charge in [0, 0.05) is 18.8 Å². The summed E-state index contributed by atoms with van der Waals surface area (Å²) in [6, 6.07) is 8.39. The topological polar surface area (TPSA) is 49.4 Å². The number of thioether (sulfide) groups is 1. The molecular weight excluding hydrogens is 272 g/mol. The summed E-state index contributed by atoms with van der Waals surface area (Å²) in [6.07, 6.45) is 4.48. The lowest BCUT2D eigenvalue weighted by Crippen LogP contribution is -2.29. The summed E-state index contributed by atoms with van der Waals surface area (Å²) in [5.74, 6) is -0.167. The van der Waals surface area contributed by atoms with E-state index in [4.69, 9.17) is 0 Å². The number of anilines is 1. The van der Waals surface area contributed by atoms with Crippen LogP contribution in [0.5, 0.6) is 0 Å². The molecule has 0 bridgehead atoms. The zero-order valence-electron chi connectivity index (χ0n) is 11.3. The lowest BCUT2D eigenvalue weighted by atomic mass is 10.1. The van der Waals surface area contributed by atoms with Crippen molar-refractivity contribution in [3.05, 3.63) is 29.8 Å². The van der Waals surface area contributed by atoms with E-state index in [2.05, 4.69) is 34.5 Å². The highest BCUT2D eigenvalue weighted by Crippen LogP contribution is 2.25. The molecule has 1 unspecified atom stereocenters. The minimum atomic E-state index is -0.275. The van der Waals surface area contributed by atoms with Gasteiger partial charge in [-0.2, -0.15) is 0 Å². The van der Waals surface area contributed by atoms with Crippen molar-refractivity contribution in [3.8, 4) is 0 Å². The van der Waals surface area contributed by atoms with E-state index in [-0.39, 0.29) is 16.4 Å². The fourth-order valence-corrected chi connectivity index (χ4v) is 3.60. The first kappa shape index (κ1) is 13.5. The summed E-state index contributed by atoms with van der Waals surface area (Å²) in [4.78, 5) is 25.1. The molecule has 5 heteroatoms. The minimum Gasteiger partial charge on any atom is -0.372 e. The highest BCUT2D eigenvalue weighted by molar-refractivity contribution is 8.15. The smallest absolute Gasteiger partial charge is 0.286 e. The molecule has 1 atom stereocenters. The lowest BCUT2D eigenvalue weighted by Gasteiger charge is -2.28. The third-order valence-electron chi connectivity index (χ3n) is 3.85. The Labute approximate surface area is 122 Å². The van der Waals surface area contributed by atoms with Crippen molar-refractivity contribution in [1.82, 2.24) is 5.32 Å². The Balaban J connectivity index is 1.64. The molecule has 0 radical (unpaired) electrons. The molecule has 1 aromatic rings. The Morgan fingerprint density at radius 2 is 1.80 bits per heavy atom. The predicted molar refractivity (Wildman–Crippen MR) is 81.1 cm³/mol. The van der Waals surface area contributed by atoms with Gasteiger partial charge in [0.05, 0.1) is 5.25 Å². The van der Waals surface area contributed by atoms with Gasteiger partial charge in [0.25, 0.3) is 5.24 Å². The van der Waals surface area contributed by atoms with Crippen molar-refractivity contribution in [2.45, 2.75) is 30.9 Å². The van der Waals surface area contributed by atoms with Crippen LogP contribution >= 0.6 is 11.8 Å². The molecule has 0 spiro atoms. The minimum absolute atomic E-state index is 0.167. The van der Waals surface area contributed by atoms with E-state index >= 15 is 0 Å². The molecule has 2 heterocycles. The maximum absolute atomic E-state index is 11.5. The second-order valence-electron chi connectivity index (χ2n) is 5.30. The molecule has 2 aliphatic rings. The normalized spacial score (nSPS) is 23.0. The van der Waals surface area contributed by atoms with Crippen molar-refractivity contribution in [3.63, 3.8) is 0 Å². The summed E-state index contributed by atoms with van der Waals surface area (Å²) >= 11 is 1.09. The average molecular weight is 290 g/mol. The fourth-order valence-electron chi connectivity index (χ4n) is 2.74. The second kappa shape index (κ2) is 5.87. The highest BCUT2D eigenvalue weighted by atomic mass is 32.2. The van der Waals surface area contributed by atoms with Gasteiger partial charge < -0.3 is 4.90 Å². The van der Waals surface area contributed by atoms with Crippen LogP contribution in [0.2, 0.25) is 0 Å². The first-order chi connectivity index (χ1) is 9.72. The molecule has 3 rings (SSSR count). The van der Waals surface area contributed by atoms with E-state index in [9.17, 15) is 9.59 Å². The Kier molecular flexibility index (Phi) is 3.96. The first-order valence-corrected chi connectivity index (χ1v) is 7.96. The van der Waals surface area contributed by atoms with Crippen LogP contribution in [-0.4, -0.2) is 29.5 Å². The number of carbonyl (C=O) groups is 2. The van der Waals surface area contributed by atoms with Crippen LogP contribution in [0, 0.1) is 0 Å². The van der Waals surface area contributed by atoms with Crippen LogP contribution in [0.4, 0.5) is 10.5 Å². The zero-order valence-corrected chi connectivity index (χ0v) is 12.1. The molecule has 2 fully saturated rings. The number of hydrogen-bond acceptors (Lipinski definition) is 4. The third kappa shape index (κ3) is 2.98. The van der Waals surface area contributed by atoms with Gasteiger partial charge in [-0.25, -0.2) is 0 Å². The number of hydrogen-bond donors (Lipinski definition) is 1. The van der Waals surface area contributed by atoms with Crippen molar-refractivity contribution < 1.29 is 9.59 Å². The SMILES string of the molecule is O=C1NC(=O)C(Cc2ccc(N3CCCCC3)cc2)S1. The monoisotopic (exact) mass is 290 g/mol. The van der Waals surface area contributed by atoms with Crippen molar-refractivity contribution in [2.75, 3.05) is 18.0 Å². The summed E-state index contributed by atoms with van der Waals surface area (Å²) in [5.41, 5.74) is 2.36. The Morgan fingerprint density at radius 3 is 2.40 bits per heavy atom. The molecule has 20 heavy (non-hydrogen) atoms. The Hall–Kier alpha value is -1.49. The summed E-state index contributed by atoms with van der Waals surface area (Å²) < 4.78 is 0. The Morgan fingerprint density at radius 1 is 1.10 bits per heavy atom. The molecule has 1 N–H and O–H groups in total. The first-order valence-electron chi connectivity index (χ1n) is 7.08. The maximum atomic E-state index is 11.5. The zero-order chi connectivity index (χ0) is 13.9. The number of carbonyl (C=O) groups excluding carboxylic acids is 2. The number of imide groups is 1. The van der Waals surface area contributed by atoms with Gasteiger partial charge in [-0.1, -0.05) is 23.9 Å². The largest absolute Gasteiger partial charge is 0.372 e. The highest BCUT2D eigenvalue weighted by Gasteiger charge is 2.31. The van der Waals surface area contributed by atoms with Gasteiger partial charge in [0.15, 0.2) is 0 Å². The van der Waals surface area contributed by atoms with Crippen LogP contribution < -0.4 is 10.2 Å². The predicted octanol–water partition coefficient (Wildman–Crippen LogP) is 2.57. The standard InChI is InChI=1S/C15H18N2O2S/c18-14-13(20-15(19)16-14)10-11-4-6-12(7-5-11)17-8-2-1-3-9-17/h4-7,13H,1-3,8-10H2,(H,16,18,19). The fraction of sp³-hybridized carbons (Fsp3) is 0.467. The molecule has 0 saturated carbocycles. The maximum Gasteiger partial charge on any atom is 0.286 e. The van der Waals surface area contributed by atoms with Gasteiger partial charge in [0.1, 0.15) is 0 Å². The van der Waals surface area contributed by atoms with Crippen LogP contribution in [0.1, 0.15) is 24.8 Å². The van der Waals surface area contributed by atoms with Gasteiger partial charge >= 0.3 is 0 Å². The molecule has 4 nitrogen and oxygen atoms in total. The van der Waals surface area contributed by atoms with Crippen molar-refractivity contribution in [2.24, 2.45) is 0 Å². The number of piperidine rings is 1. The van der Waals surface area contributed by atoms with Crippen LogP contribution in [0.15, 0.2) is 24.3 Å². The molecule has 0 aromatic heterocycles.